The molecule has 0 bridgehead atoms. The quantitative estimate of drug-likeness (QED) is 0.376. The molecule has 2 amide bonds. The van der Waals surface area contributed by atoms with Crippen LogP contribution in [0.5, 0.6) is 5.75 Å². The van der Waals surface area contributed by atoms with Crippen LogP contribution >= 0.6 is 0 Å². The summed E-state index contributed by atoms with van der Waals surface area (Å²) in [5, 5.41) is 18.2. The monoisotopic (exact) mass is 336 g/mol. The molecule has 0 heterocycles. The molecule has 8 nitrogen and oxygen atoms in total. The van der Waals surface area contributed by atoms with Gasteiger partial charge in [0, 0.05) is 18.8 Å². The number of carbonyl (C=O) groups excluding carboxylic acids is 1. The topological polar surface area (TPSA) is 112 Å². The number of carbonyl (C=O) groups is 2. The molecule has 4 N–H and O–H groups in total. The average Bonchev–Trinajstić information content (AvgIpc) is 2.58. The summed E-state index contributed by atoms with van der Waals surface area (Å²) in [4.78, 5) is 22.0. The van der Waals surface area contributed by atoms with Gasteiger partial charge in [-0.2, -0.15) is 5.10 Å². The van der Waals surface area contributed by atoms with Gasteiger partial charge in [-0.25, -0.2) is 15.0 Å². The highest BCUT2D eigenvalue weighted by atomic mass is 16.5. The molecule has 1 unspecified atom stereocenters. The Hall–Kier alpha value is -2.61. The third kappa shape index (κ3) is 8.14. The molecular weight excluding hydrogens is 312 g/mol. The van der Waals surface area contributed by atoms with E-state index in [0.29, 0.717) is 18.7 Å². The molecule has 0 aliphatic heterocycles. The molecule has 1 rings (SSSR count). The summed E-state index contributed by atoms with van der Waals surface area (Å²) in [5.41, 5.74) is 3.41. The van der Waals surface area contributed by atoms with Crippen LogP contribution in [0, 0.1) is 0 Å². The Morgan fingerprint density at radius 2 is 2.04 bits per heavy atom. The van der Waals surface area contributed by atoms with E-state index in [9.17, 15) is 9.59 Å². The Morgan fingerprint density at radius 1 is 1.33 bits per heavy atom. The lowest BCUT2D eigenvalue weighted by atomic mass is 10.1. The van der Waals surface area contributed by atoms with Crippen LogP contribution in [0.1, 0.15) is 18.9 Å². The second-order valence-corrected chi connectivity index (χ2v) is 5.03. The molecule has 24 heavy (non-hydrogen) atoms. The fourth-order valence-electron chi connectivity index (χ4n) is 1.83. The first-order chi connectivity index (χ1) is 11.5. The van der Waals surface area contributed by atoms with E-state index in [1.807, 2.05) is 26.1 Å². The zero-order valence-corrected chi connectivity index (χ0v) is 13.9. The molecule has 0 spiro atoms. The SMILES string of the molecule is CCC(/C=N/NC(=O)NCCc1ccc(OCC(=O)O)cc1)NC. The third-order valence-corrected chi connectivity index (χ3v) is 3.22. The largest absolute Gasteiger partial charge is 0.482 e. The molecule has 0 aliphatic rings. The molecule has 1 aromatic rings. The predicted octanol–water partition coefficient (Wildman–Crippen LogP) is 0.976. The second-order valence-electron chi connectivity index (χ2n) is 5.03. The lowest BCUT2D eigenvalue weighted by Crippen LogP contribution is -2.35. The van der Waals surface area contributed by atoms with Crippen molar-refractivity contribution in [1.82, 2.24) is 16.1 Å². The molecule has 0 saturated heterocycles. The maximum atomic E-state index is 11.6. The van der Waals surface area contributed by atoms with E-state index in [0.717, 1.165) is 12.0 Å². The van der Waals surface area contributed by atoms with E-state index in [1.165, 1.54) is 0 Å². The fourth-order valence-corrected chi connectivity index (χ4v) is 1.83. The Kier molecular flexibility index (Phi) is 8.91. The van der Waals surface area contributed by atoms with Crippen molar-refractivity contribution in [3.8, 4) is 5.75 Å². The van der Waals surface area contributed by atoms with Crippen LogP contribution in [0.4, 0.5) is 4.79 Å². The first-order valence-electron chi connectivity index (χ1n) is 7.73. The molecule has 0 radical (unpaired) electrons. The number of urea groups is 1. The number of carboxylic acid groups (broad SMARTS) is 1. The summed E-state index contributed by atoms with van der Waals surface area (Å²) >= 11 is 0. The smallest absolute Gasteiger partial charge is 0.341 e. The normalized spacial score (nSPS) is 11.9. The van der Waals surface area contributed by atoms with Crippen LogP contribution in [0.15, 0.2) is 29.4 Å². The van der Waals surface area contributed by atoms with E-state index in [4.69, 9.17) is 9.84 Å². The van der Waals surface area contributed by atoms with Gasteiger partial charge >= 0.3 is 12.0 Å². The van der Waals surface area contributed by atoms with E-state index in [2.05, 4.69) is 21.2 Å². The molecule has 0 fully saturated rings. The second kappa shape index (κ2) is 11.0. The van der Waals surface area contributed by atoms with Gasteiger partial charge in [-0.3, -0.25) is 0 Å². The van der Waals surface area contributed by atoms with Gasteiger partial charge in [-0.15, -0.1) is 0 Å². The Bertz CT molecular complexity index is 542. The maximum absolute atomic E-state index is 11.6. The number of rotatable bonds is 10. The summed E-state index contributed by atoms with van der Waals surface area (Å²) in [5.74, 6) is -0.520. The van der Waals surface area contributed by atoms with Crippen molar-refractivity contribution in [2.75, 3.05) is 20.2 Å². The minimum Gasteiger partial charge on any atom is -0.482 e. The first kappa shape index (κ1) is 19.4. The van der Waals surface area contributed by atoms with Crippen molar-refractivity contribution in [2.45, 2.75) is 25.8 Å². The van der Waals surface area contributed by atoms with Crippen molar-refractivity contribution < 1.29 is 19.4 Å². The van der Waals surface area contributed by atoms with Gasteiger partial charge in [0.05, 0.1) is 0 Å². The number of hydrogen-bond donors (Lipinski definition) is 4. The zero-order valence-electron chi connectivity index (χ0n) is 13.9. The highest BCUT2D eigenvalue weighted by molar-refractivity contribution is 5.75. The first-order valence-corrected chi connectivity index (χ1v) is 7.73. The summed E-state index contributed by atoms with van der Waals surface area (Å²) in [6.07, 6.45) is 3.18. The highest BCUT2D eigenvalue weighted by Gasteiger charge is 2.02. The fraction of sp³-hybridized carbons (Fsp3) is 0.438. The molecular formula is C16H24N4O4. The summed E-state index contributed by atoms with van der Waals surface area (Å²) in [7, 11) is 1.83. The van der Waals surface area contributed by atoms with Crippen LogP contribution in [0.2, 0.25) is 0 Å². The van der Waals surface area contributed by atoms with Gasteiger partial charge < -0.3 is 20.5 Å². The van der Waals surface area contributed by atoms with E-state index >= 15 is 0 Å². The lowest BCUT2D eigenvalue weighted by Gasteiger charge is -2.08. The molecule has 8 heteroatoms. The minimum absolute atomic E-state index is 0.132. The number of ether oxygens (including phenoxy) is 1. The minimum atomic E-state index is -1.02. The van der Waals surface area contributed by atoms with E-state index < -0.39 is 5.97 Å². The van der Waals surface area contributed by atoms with Crippen LogP contribution in [0.25, 0.3) is 0 Å². The number of hydrazone groups is 1. The van der Waals surface area contributed by atoms with Gasteiger partial charge in [0.25, 0.3) is 0 Å². The number of benzene rings is 1. The van der Waals surface area contributed by atoms with Gasteiger partial charge in [-0.1, -0.05) is 19.1 Å². The molecule has 132 valence electrons. The number of nitrogens with one attached hydrogen (secondary N) is 3. The Balaban J connectivity index is 2.26. The van der Waals surface area contributed by atoms with E-state index in [1.54, 1.807) is 18.3 Å². The van der Waals surface area contributed by atoms with Crippen LogP contribution in [-0.4, -0.2) is 49.6 Å². The number of hydrogen-bond acceptors (Lipinski definition) is 5. The molecule has 1 atom stereocenters. The van der Waals surface area contributed by atoms with Crippen LogP contribution in [0.3, 0.4) is 0 Å². The van der Waals surface area contributed by atoms with Crippen molar-refractivity contribution in [1.29, 1.82) is 0 Å². The van der Waals surface area contributed by atoms with Gasteiger partial charge in [0.1, 0.15) is 5.75 Å². The Morgan fingerprint density at radius 3 is 2.62 bits per heavy atom. The summed E-state index contributed by atoms with van der Waals surface area (Å²) in [6.45, 7) is 2.11. The van der Waals surface area contributed by atoms with E-state index in [-0.39, 0.29) is 18.7 Å². The number of aliphatic carboxylic acids is 1. The van der Waals surface area contributed by atoms with Crippen molar-refractivity contribution in [2.24, 2.45) is 5.10 Å². The predicted molar refractivity (Wildman–Crippen MR) is 91.4 cm³/mol. The van der Waals surface area contributed by atoms with Crippen molar-refractivity contribution >= 4 is 18.2 Å². The summed E-state index contributed by atoms with van der Waals surface area (Å²) in [6, 6.07) is 6.82. The Labute approximate surface area is 141 Å². The van der Waals surface area contributed by atoms with Crippen LogP contribution in [-0.2, 0) is 11.2 Å². The van der Waals surface area contributed by atoms with Gasteiger partial charge in [-0.05, 0) is 37.6 Å². The lowest BCUT2D eigenvalue weighted by molar-refractivity contribution is -0.139. The van der Waals surface area contributed by atoms with Crippen molar-refractivity contribution in [3.63, 3.8) is 0 Å². The molecule has 0 saturated carbocycles. The van der Waals surface area contributed by atoms with Gasteiger partial charge in [0.15, 0.2) is 6.61 Å². The number of nitrogens with zero attached hydrogens (tertiary/aromatic N) is 1. The number of amides is 2. The molecule has 0 aliphatic carbocycles. The van der Waals surface area contributed by atoms with Crippen LogP contribution < -0.4 is 20.8 Å². The standard InChI is InChI=1S/C16H24N4O4/c1-3-13(17-2)10-19-20-16(23)18-9-8-12-4-6-14(7-5-12)24-11-15(21)22/h4-7,10,13,17H,3,8-9,11H2,1-2H3,(H,21,22)(H2,18,20,23)/b19-10+. The number of carboxylic acids is 1. The van der Waals surface area contributed by atoms with Gasteiger partial charge in [0.2, 0.25) is 0 Å². The molecule has 1 aromatic carbocycles. The summed E-state index contributed by atoms with van der Waals surface area (Å²) < 4.78 is 5.05. The average molecular weight is 336 g/mol. The highest BCUT2D eigenvalue weighted by Crippen LogP contribution is 2.12. The van der Waals surface area contributed by atoms with Crippen molar-refractivity contribution in [3.05, 3.63) is 29.8 Å². The zero-order chi connectivity index (χ0) is 17.8. The maximum Gasteiger partial charge on any atom is 0.341 e. The third-order valence-electron chi connectivity index (χ3n) is 3.22. The molecule has 0 aromatic heterocycles.